The molecule has 3 aromatic rings. The van der Waals surface area contributed by atoms with Crippen LogP contribution in [0.3, 0.4) is 0 Å². The lowest BCUT2D eigenvalue weighted by molar-refractivity contribution is 0.475. The highest BCUT2D eigenvalue weighted by Gasteiger charge is 2.08. The Morgan fingerprint density at radius 3 is 2.73 bits per heavy atom. The summed E-state index contributed by atoms with van der Waals surface area (Å²) in [6.45, 7) is 2.05. The summed E-state index contributed by atoms with van der Waals surface area (Å²) in [4.78, 5) is 5.71. The number of aromatic nitrogens is 1. The molecule has 0 atom stereocenters. The molecule has 3 rings (SSSR count). The molecule has 2 N–H and O–H groups in total. The summed E-state index contributed by atoms with van der Waals surface area (Å²) in [6, 6.07) is 17.0. The number of nitrogens with one attached hydrogen (secondary N) is 1. The Hall–Kier alpha value is -2.66. The van der Waals surface area contributed by atoms with E-state index in [1.165, 1.54) is 0 Å². The summed E-state index contributed by atoms with van der Waals surface area (Å²) in [5.74, 6) is 0.223. The molecule has 110 valence electrons. The van der Waals surface area contributed by atoms with Gasteiger partial charge in [-0.25, -0.2) is 4.98 Å². The molecular formula is C17H15N3OS. The van der Waals surface area contributed by atoms with Crippen LogP contribution in [-0.2, 0) is 0 Å². The highest BCUT2D eigenvalue weighted by atomic mass is 32.1. The lowest BCUT2D eigenvalue weighted by Gasteiger charge is -1.97. The van der Waals surface area contributed by atoms with E-state index in [2.05, 4.69) is 15.5 Å². The van der Waals surface area contributed by atoms with Crippen molar-refractivity contribution in [1.82, 2.24) is 4.98 Å². The van der Waals surface area contributed by atoms with E-state index in [4.69, 9.17) is 0 Å². The van der Waals surface area contributed by atoms with Gasteiger partial charge in [0.05, 0.1) is 11.9 Å². The van der Waals surface area contributed by atoms with E-state index in [0.717, 1.165) is 26.8 Å². The summed E-state index contributed by atoms with van der Waals surface area (Å²) >= 11 is 1.56. The first kappa shape index (κ1) is 14.3. The summed E-state index contributed by atoms with van der Waals surface area (Å²) < 4.78 is 0. The lowest BCUT2D eigenvalue weighted by atomic mass is 10.1. The zero-order chi connectivity index (χ0) is 15.4. The molecule has 0 amide bonds. The zero-order valence-electron chi connectivity index (χ0n) is 12.0. The molecule has 22 heavy (non-hydrogen) atoms. The molecular weight excluding hydrogens is 294 g/mol. The van der Waals surface area contributed by atoms with E-state index in [0.29, 0.717) is 0 Å². The first-order valence-corrected chi connectivity index (χ1v) is 7.65. The average molecular weight is 309 g/mol. The minimum absolute atomic E-state index is 0.223. The van der Waals surface area contributed by atoms with Crippen molar-refractivity contribution < 1.29 is 5.11 Å². The maximum atomic E-state index is 9.40. The van der Waals surface area contributed by atoms with E-state index in [9.17, 15) is 5.11 Å². The molecule has 1 aromatic heterocycles. The quantitative estimate of drug-likeness (QED) is 0.559. The molecule has 0 aliphatic heterocycles. The number of nitrogens with zero attached hydrogens (tertiary/aromatic N) is 2. The van der Waals surface area contributed by atoms with Crippen molar-refractivity contribution in [1.29, 1.82) is 0 Å². The Morgan fingerprint density at radius 2 is 1.95 bits per heavy atom. The molecule has 5 heteroatoms. The number of hydrogen-bond acceptors (Lipinski definition) is 5. The van der Waals surface area contributed by atoms with Crippen LogP contribution in [0.1, 0.15) is 10.4 Å². The Bertz CT molecular complexity index is 797. The normalized spacial score (nSPS) is 11.0. The minimum Gasteiger partial charge on any atom is -0.508 e. The number of phenolic OH excluding ortho intramolecular Hbond substituents is 1. The average Bonchev–Trinajstić information content (AvgIpc) is 2.89. The number of anilines is 1. The van der Waals surface area contributed by atoms with Crippen LogP contribution in [0.2, 0.25) is 0 Å². The van der Waals surface area contributed by atoms with Crippen molar-refractivity contribution in [2.45, 2.75) is 6.92 Å². The number of phenols is 1. The standard InChI is InChI=1S/C17H15N3OS/c1-12-16(14-7-3-2-4-8-14)19-17(22-12)20-18-11-13-6-5-9-15(21)10-13/h2-11,21H,1H3,(H,19,20)/b18-11-. The second-order valence-electron chi connectivity index (χ2n) is 4.75. The van der Waals surface area contributed by atoms with E-state index in [1.54, 1.807) is 35.8 Å². The van der Waals surface area contributed by atoms with E-state index in [1.807, 2.05) is 43.3 Å². The first-order chi connectivity index (χ1) is 10.7. The van der Waals surface area contributed by atoms with Gasteiger partial charge in [0, 0.05) is 10.4 Å². The van der Waals surface area contributed by atoms with E-state index in [-0.39, 0.29) is 5.75 Å². The monoisotopic (exact) mass is 309 g/mol. The molecule has 0 saturated carbocycles. The van der Waals surface area contributed by atoms with Gasteiger partial charge in [-0.05, 0) is 24.6 Å². The van der Waals surface area contributed by atoms with Crippen molar-refractivity contribution >= 4 is 22.7 Å². The first-order valence-electron chi connectivity index (χ1n) is 6.83. The third-order valence-corrected chi connectivity index (χ3v) is 3.96. The summed E-state index contributed by atoms with van der Waals surface area (Å²) in [7, 11) is 0. The minimum atomic E-state index is 0.223. The van der Waals surface area contributed by atoms with E-state index >= 15 is 0 Å². The number of aromatic hydroxyl groups is 1. The third-order valence-electron chi connectivity index (χ3n) is 3.09. The molecule has 0 radical (unpaired) electrons. The number of rotatable bonds is 4. The third kappa shape index (κ3) is 3.32. The van der Waals surface area contributed by atoms with Crippen LogP contribution in [0, 0.1) is 6.92 Å². The van der Waals surface area contributed by atoms with Gasteiger partial charge in [0.15, 0.2) is 0 Å². The van der Waals surface area contributed by atoms with Gasteiger partial charge < -0.3 is 5.11 Å². The van der Waals surface area contributed by atoms with Crippen molar-refractivity contribution in [3.63, 3.8) is 0 Å². The fourth-order valence-electron chi connectivity index (χ4n) is 2.08. The molecule has 4 nitrogen and oxygen atoms in total. The SMILES string of the molecule is Cc1sc(N/N=C\c2cccc(O)c2)nc1-c1ccccc1. The Kier molecular flexibility index (Phi) is 4.16. The topological polar surface area (TPSA) is 57.5 Å². The maximum absolute atomic E-state index is 9.40. The van der Waals surface area contributed by atoms with Gasteiger partial charge >= 0.3 is 0 Å². The van der Waals surface area contributed by atoms with Crippen LogP contribution in [0.25, 0.3) is 11.3 Å². The maximum Gasteiger partial charge on any atom is 0.204 e. The fourth-order valence-corrected chi connectivity index (χ4v) is 2.86. The summed E-state index contributed by atoms with van der Waals surface area (Å²) in [5.41, 5.74) is 5.83. The largest absolute Gasteiger partial charge is 0.508 e. The molecule has 0 bridgehead atoms. The van der Waals surface area contributed by atoms with Crippen molar-refractivity contribution in [2.24, 2.45) is 5.10 Å². The molecule has 0 aliphatic carbocycles. The summed E-state index contributed by atoms with van der Waals surface area (Å²) in [5, 5.41) is 14.3. The predicted octanol–water partition coefficient (Wildman–Crippen LogP) is 4.27. The Morgan fingerprint density at radius 1 is 1.14 bits per heavy atom. The number of thiazole rings is 1. The number of benzene rings is 2. The van der Waals surface area contributed by atoms with Gasteiger partial charge in [-0.1, -0.05) is 42.5 Å². The molecule has 2 aromatic carbocycles. The summed E-state index contributed by atoms with van der Waals surface area (Å²) in [6.07, 6.45) is 1.65. The Labute approximate surface area is 132 Å². The fraction of sp³-hybridized carbons (Fsp3) is 0.0588. The van der Waals surface area contributed by atoms with Crippen molar-refractivity contribution in [3.05, 3.63) is 65.0 Å². The predicted molar refractivity (Wildman–Crippen MR) is 91.6 cm³/mol. The van der Waals surface area contributed by atoms with Gasteiger partial charge in [-0.3, -0.25) is 5.43 Å². The molecule has 0 unspecified atom stereocenters. The van der Waals surface area contributed by atoms with Crippen molar-refractivity contribution in [3.8, 4) is 17.0 Å². The van der Waals surface area contributed by atoms with Crippen LogP contribution in [0.5, 0.6) is 5.75 Å². The van der Waals surface area contributed by atoms with Gasteiger partial charge in [0.25, 0.3) is 0 Å². The molecule has 0 fully saturated rings. The van der Waals surface area contributed by atoms with E-state index < -0.39 is 0 Å². The number of hydrazone groups is 1. The molecule has 0 saturated heterocycles. The van der Waals surface area contributed by atoms with Crippen LogP contribution < -0.4 is 5.43 Å². The van der Waals surface area contributed by atoms with Crippen molar-refractivity contribution in [2.75, 3.05) is 5.43 Å². The highest BCUT2D eigenvalue weighted by molar-refractivity contribution is 7.15. The van der Waals surface area contributed by atoms with Crippen LogP contribution in [-0.4, -0.2) is 16.3 Å². The van der Waals surface area contributed by atoms with Crippen LogP contribution >= 0.6 is 11.3 Å². The highest BCUT2D eigenvalue weighted by Crippen LogP contribution is 2.30. The second-order valence-corrected chi connectivity index (χ2v) is 5.96. The molecule has 0 aliphatic rings. The zero-order valence-corrected chi connectivity index (χ0v) is 12.8. The lowest BCUT2D eigenvalue weighted by Crippen LogP contribution is -1.90. The van der Waals surface area contributed by atoms with Gasteiger partial charge in [-0.2, -0.15) is 5.10 Å². The second kappa shape index (κ2) is 6.41. The molecule has 0 spiro atoms. The van der Waals surface area contributed by atoms with Crippen LogP contribution in [0.4, 0.5) is 5.13 Å². The van der Waals surface area contributed by atoms with Gasteiger partial charge in [0.2, 0.25) is 5.13 Å². The van der Waals surface area contributed by atoms with Gasteiger partial charge in [0.1, 0.15) is 5.75 Å². The number of hydrogen-bond donors (Lipinski definition) is 2. The Balaban J connectivity index is 1.74. The van der Waals surface area contributed by atoms with Gasteiger partial charge in [-0.15, -0.1) is 11.3 Å². The van der Waals surface area contributed by atoms with Crippen LogP contribution in [0.15, 0.2) is 59.7 Å². The molecule has 1 heterocycles. The smallest absolute Gasteiger partial charge is 0.204 e. The number of aryl methyl sites for hydroxylation is 1.